The standard InChI is InChI=1S/C22H28F3N3O4/c1-5-27(18-11-8-16(14-26-18)19(29)30)28(20(31)32-21(2,3)4)13-12-15-6-9-17(10-7-15)22(23,24)25/h8,11,14-15,17H,5-7,9-10H2,1-4H3,(H,29,30). The fourth-order valence-corrected chi connectivity index (χ4v) is 3.30. The topological polar surface area (TPSA) is 83.0 Å². The highest BCUT2D eigenvalue weighted by Gasteiger charge is 2.41. The van der Waals surface area contributed by atoms with Crippen LogP contribution in [0.3, 0.4) is 0 Å². The number of ether oxygens (including phenoxy) is 1. The van der Waals surface area contributed by atoms with Gasteiger partial charge in [-0.2, -0.15) is 13.2 Å². The molecular formula is C22H28F3N3O4. The van der Waals surface area contributed by atoms with Gasteiger partial charge in [0.15, 0.2) is 0 Å². The zero-order chi connectivity index (χ0) is 24.1. The molecule has 0 aromatic carbocycles. The molecule has 1 saturated carbocycles. The zero-order valence-corrected chi connectivity index (χ0v) is 18.6. The number of halogens is 3. The summed E-state index contributed by atoms with van der Waals surface area (Å²) in [6.45, 7) is 7.11. The molecule has 1 aromatic rings. The summed E-state index contributed by atoms with van der Waals surface area (Å²) in [4.78, 5) is 28.0. The Morgan fingerprint density at radius 2 is 1.81 bits per heavy atom. The SMILES string of the molecule is CCN(c1ccc(C(=O)O)cn1)N(C#CC1CCC(C(F)(F)F)CC1)C(=O)OC(C)(C)C. The normalized spacial score (nSPS) is 18.8. The molecule has 1 aliphatic carbocycles. The van der Waals surface area contributed by atoms with Crippen LogP contribution in [0.15, 0.2) is 18.3 Å². The predicted molar refractivity (Wildman–Crippen MR) is 112 cm³/mol. The molecule has 0 aliphatic heterocycles. The van der Waals surface area contributed by atoms with Crippen molar-refractivity contribution in [2.75, 3.05) is 11.6 Å². The van der Waals surface area contributed by atoms with Crippen molar-refractivity contribution in [3.63, 3.8) is 0 Å². The summed E-state index contributed by atoms with van der Waals surface area (Å²) in [5, 5.41) is 11.5. The molecule has 0 radical (unpaired) electrons. The number of aromatic carboxylic acids is 1. The minimum Gasteiger partial charge on any atom is -0.478 e. The molecule has 1 aliphatic rings. The van der Waals surface area contributed by atoms with E-state index < -0.39 is 29.8 Å². The Morgan fingerprint density at radius 3 is 2.25 bits per heavy atom. The van der Waals surface area contributed by atoms with Crippen molar-refractivity contribution in [2.45, 2.75) is 65.2 Å². The summed E-state index contributed by atoms with van der Waals surface area (Å²) in [6.07, 6.45) is -3.21. The number of aromatic nitrogens is 1. The van der Waals surface area contributed by atoms with Gasteiger partial charge in [-0.05, 0) is 65.5 Å². The second-order valence-electron chi connectivity index (χ2n) is 8.56. The fraction of sp³-hybridized carbons (Fsp3) is 0.591. The van der Waals surface area contributed by atoms with E-state index in [-0.39, 0.29) is 49.5 Å². The number of amides is 1. The van der Waals surface area contributed by atoms with Crippen molar-refractivity contribution in [1.29, 1.82) is 0 Å². The highest BCUT2D eigenvalue weighted by Crippen LogP contribution is 2.39. The van der Waals surface area contributed by atoms with Gasteiger partial charge in [0.25, 0.3) is 0 Å². The van der Waals surface area contributed by atoms with Gasteiger partial charge in [-0.25, -0.2) is 14.6 Å². The summed E-state index contributed by atoms with van der Waals surface area (Å²) in [5.41, 5.74) is -0.817. The van der Waals surface area contributed by atoms with Gasteiger partial charge in [0.2, 0.25) is 0 Å². The first-order chi connectivity index (χ1) is 14.8. The number of carboxylic acids is 1. The number of hydrazine groups is 1. The lowest BCUT2D eigenvalue weighted by Crippen LogP contribution is -2.46. The van der Waals surface area contributed by atoms with Gasteiger partial charge in [-0.1, -0.05) is 5.92 Å². The number of nitrogens with zero attached hydrogens (tertiary/aromatic N) is 3. The third-order valence-electron chi connectivity index (χ3n) is 4.93. The first-order valence-electron chi connectivity index (χ1n) is 10.4. The molecule has 7 nitrogen and oxygen atoms in total. The molecule has 0 saturated heterocycles. The maximum absolute atomic E-state index is 12.9. The quantitative estimate of drug-likeness (QED) is 0.387. The van der Waals surface area contributed by atoms with Crippen LogP contribution in [0.5, 0.6) is 0 Å². The average molecular weight is 455 g/mol. The zero-order valence-electron chi connectivity index (χ0n) is 18.6. The first kappa shape index (κ1) is 25.3. The smallest absolute Gasteiger partial charge is 0.441 e. The van der Waals surface area contributed by atoms with E-state index in [2.05, 4.69) is 16.9 Å². The molecule has 0 unspecified atom stereocenters. The molecule has 1 amide bonds. The van der Waals surface area contributed by atoms with Crippen molar-refractivity contribution in [1.82, 2.24) is 9.99 Å². The molecular weight excluding hydrogens is 427 g/mol. The van der Waals surface area contributed by atoms with Crippen molar-refractivity contribution in [2.24, 2.45) is 11.8 Å². The lowest BCUT2D eigenvalue weighted by molar-refractivity contribution is -0.183. The molecule has 1 aromatic heterocycles. The van der Waals surface area contributed by atoms with Gasteiger partial charge in [0.1, 0.15) is 11.4 Å². The molecule has 10 heteroatoms. The summed E-state index contributed by atoms with van der Waals surface area (Å²) in [7, 11) is 0. The number of hydrogen-bond acceptors (Lipinski definition) is 5. The van der Waals surface area contributed by atoms with Crippen LogP contribution >= 0.6 is 0 Å². The van der Waals surface area contributed by atoms with E-state index in [1.54, 1.807) is 27.7 Å². The number of alkyl halides is 3. The lowest BCUT2D eigenvalue weighted by Gasteiger charge is -2.32. The minimum absolute atomic E-state index is 0.00494. The van der Waals surface area contributed by atoms with E-state index in [9.17, 15) is 22.8 Å². The molecule has 32 heavy (non-hydrogen) atoms. The van der Waals surface area contributed by atoms with Gasteiger partial charge in [-0.3, -0.25) is 5.01 Å². The minimum atomic E-state index is -4.20. The Morgan fingerprint density at radius 1 is 1.19 bits per heavy atom. The van der Waals surface area contributed by atoms with E-state index in [4.69, 9.17) is 9.84 Å². The molecule has 1 fully saturated rings. The van der Waals surface area contributed by atoms with Crippen LogP contribution < -0.4 is 5.01 Å². The van der Waals surface area contributed by atoms with Crippen molar-refractivity contribution < 1.29 is 32.6 Å². The Hall–Kier alpha value is -2.96. The van der Waals surface area contributed by atoms with E-state index in [0.717, 1.165) is 5.01 Å². The number of carboxylic acid groups (broad SMARTS) is 1. The van der Waals surface area contributed by atoms with Gasteiger partial charge in [-0.15, -0.1) is 5.01 Å². The maximum Gasteiger partial charge on any atom is 0.441 e. The Balaban J connectivity index is 2.27. The number of carbonyl (C=O) groups excluding carboxylic acids is 1. The molecule has 176 valence electrons. The second-order valence-corrected chi connectivity index (χ2v) is 8.56. The van der Waals surface area contributed by atoms with Crippen LogP contribution in [-0.4, -0.2) is 45.5 Å². The maximum atomic E-state index is 12.9. The summed E-state index contributed by atoms with van der Waals surface area (Å²) < 4.78 is 44.2. The van der Waals surface area contributed by atoms with Crippen LogP contribution in [0.4, 0.5) is 23.8 Å². The first-order valence-corrected chi connectivity index (χ1v) is 10.4. The van der Waals surface area contributed by atoms with Crippen molar-refractivity contribution >= 4 is 17.9 Å². The highest BCUT2D eigenvalue weighted by molar-refractivity contribution is 5.87. The molecule has 0 spiro atoms. The Kier molecular flexibility index (Phi) is 7.99. The van der Waals surface area contributed by atoms with Crippen LogP contribution in [-0.2, 0) is 4.74 Å². The largest absolute Gasteiger partial charge is 0.478 e. The van der Waals surface area contributed by atoms with Crippen LogP contribution in [0.1, 0.15) is 63.7 Å². The molecule has 1 heterocycles. The summed E-state index contributed by atoms with van der Waals surface area (Å²) in [6, 6.07) is 5.55. The van der Waals surface area contributed by atoms with Gasteiger partial charge < -0.3 is 9.84 Å². The number of carbonyl (C=O) groups is 2. The molecule has 1 N–H and O–H groups in total. The van der Waals surface area contributed by atoms with Crippen LogP contribution in [0.2, 0.25) is 0 Å². The lowest BCUT2D eigenvalue weighted by atomic mass is 9.82. The average Bonchev–Trinajstić information content (AvgIpc) is 2.69. The summed E-state index contributed by atoms with van der Waals surface area (Å²) >= 11 is 0. The van der Waals surface area contributed by atoms with E-state index in [0.29, 0.717) is 0 Å². The van der Waals surface area contributed by atoms with E-state index in [1.165, 1.54) is 23.3 Å². The van der Waals surface area contributed by atoms with E-state index >= 15 is 0 Å². The number of anilines is 1. The third kappa shape index (κ3) is 7.04. The van der Waals surface area contributed by atoms with Crippen LogP contribution in [0.25, 0.3) is 0 Å². The van der Waals surface area contributed by atoms with Gasteiger partial charge >= 0.3 is 18.2 Å². The third-order valence-corrected chi connectivity index (χ3v) is 4.93. The van der Waals surface area contributed by atoms with Crippen molar-refractivity contribution in [3.8, 4) is 12.0 Å². The van der Waals surface area contributed by atoms with Gasteiger partial charge in [0, 0.05) is 24.7 Å². The predicted octanol–water partition coefficient (Wildman–Crippen LogP) is 5.09. The highest BCUT2D eigenvalue weighted by atomic mass is 19.4. The Bertz CT molecular complexity index is 862. The summed E-state index contributed by atoms with van der Waals surface area (Å²) in [5.74, 6) is 0.470. The number of pyridine rings is 1. The monoisotopic (exact) mass is 455 g/mol. The fourth-order valence-electron chi connectivity index (χ4n) is 3.30. The Labute approximate surface area is 185 Å². The molecule has 2 rings (SSSR count). The number of hydrogen-bond donors (Lipinski definition) is 1. The van der Waals surface area contributed by atoms with Gasteiger partial charge in [0.05, 0.1) is 11.5 Å². The van der Waals surface area contributed by atoms with Crippen LogP contribution in [0, 0.1) is 23.8 Å². The second kappa shape index (κ2) is 10.1. The van der Waals surface area contributed by atoms with E-state index in [1.807, 2.05) is 0 Å². The molecule has 0 atom stereocenters. The van der Waals surface area contributed by atoms with Crippen molar-refractivity contribution in [3.05, 3.63) is 23.9 Å². The number of rotatable bonds is 4. The molecule has 0 bridgehead atoms.